The SMILES string of the molecule is CC.Cc1ccc(-c2coc(CCC(C)C)n2)cc1. The fourth-order valence-corrected chi connectivity index (χ4v) is 1.69. The fraction of sp³-hybridized carbons (Fsp3) is 0.471. The summed E-state index contributed by atoms with van der Waals surface area (Å²) in [5.41, 5.74) is 3.32. The monoisotopic (exact) mass is 259 g/mol. The van der Waals surface area contributed by atoms with Crippen LogP contribution in [0.1, 0.15) is 45.6 Å². The number of nitrogens with zero attached hydrogens (tertiary/aromatic N) is 1. The molecule has 1 heterocycles. The van der Waals surface area contributed by atoms with Crippen molar-refractivity contribution in [3.8, 4) is 11.3 Å². The minimum Gasteiger partial charge on any atom is -0.448 e. The van der Waals surface area contributed by atoms with E-state index in [-0.39, 0.29) is 0 Å². The molecule has 1 aromatic heterocycles. The zero-order valence-electron chi connectivity index (χ0n) is 12.7. The highest BCUT2D eigenvalue weighted by Crippen LogP contribution is 2.20. The van der Waals surface area contributed by atoms with Crippen LogP contribution in [0, 0.1) is 12.8 Å². The number of hydrogen-bond acceptors (Lipinski definition) is 2. The van der Waals surface area contributed by atoms with Crippen LogP contribution in [0.5, 0.6) is 0 Å². The maximum atomic E-state index is 5.49. The van der Waals surface area contributed by atoms with E-state index in [1.54, 1.807) is 6.26 Å². The number of hydrogen-bond donors (Lipinski definition) is 0. The first-order chi connectivity index (χ1) is 9.15. The van der Waals surface area contributed by atoms with E-state index in [1.807, 2.05) is 13.8 Å². The van der Waals surface area contributed by atoms with Gasteiger partial charge in [0, 0.05) is 12.0 Å². The maximum Gasteiger partial charge on any atom is 0.194 e. The van der Waals surface area contributed by atoms with Crippen molar-refractivity contribution in [1.82, 2.24) is 4.98 Å². The Bertz CT molecular complexity index is 468. The van der Waals surface area contributed by atoms with E-state index in [1.165, 1.54) is 5.56 Å². The summed E-state index contributed by atoms with van der Waals surface area (Å²) in [5, 5.41) is 0. The molecule has 0 saturated carbocycles. The Kier molecular flexibility index (Phi) is 6.34. The van der Waals surface area contributed by atoms with Gasteiger partial charge in [-0.15, -0.1) is 0 Å². The summed E-state index contributed by atoms with van der Waals surface area (Å²) in [4.78, 5) is 4.52. The van der Waals surface area contributed by atoms with Gasteiger partial charge in [0.15, 0.2) is 5.89 Å². The molecule has 104 valence electrons. The van der Waals surface area contributed by atoms with Gasteiger partial charge >= 0.3 is 0 Å². The second-order valence-corrected chi connectivity index (χ2v) is 4.93. The third-order valence-electron chi connectivity index (χ3n) is 2.83. The Hall–Kier alpha value is -1.57. The molecule has 2 rings (SSSR count). The lowest BCUT2D eigenvalue weighted by Gasteiger charge is -1.99. The van der Waals surface area contributed by atoms with Crippen molar-refractivity contribution < 1.29 is 4.42 Å². The molecule has 2 heteroatoms. The smallest absolute Gasteiger partial charge is 0.194 e. The quantitative estimate of drug-likeness (QED) is 0.748. The van der Waals surface area contributed by atoms with Gasteiger partial charge in [-0.25, -0.2) is 4.98 Å². The van der Waals surface area contributed by atoms with Crippen LogP contribution in [0.3, 0.4) is 0 Å². The van der Waals surface area contributed by atoms with Crippen molar-refractivity contribution in [3.05, 3.63) is 42.0 Å². The number of rotatable bonds is 4. The first-order valence-corrected chi connectivity index (χ1v) is 7.16. The lowest BCUT2D eigenvalue weighted by molar-refractivity contribution is 0.462. The molecule has 0 fully saturated rings. The van der Waals surface area contributed by atoms with Gasteiger partial charge in [-0.3, -0.25) is 0 Å². The Balaban J connectivity index is 0.000000861. The molecule has 0 aliphatic carbocycles. The lowest BCUT2D eigenvalue weighted by Crippen LogP contribution is -1.92. The highest BCUT2D eigenvalue weighted by molar-refractivity contribution is 5.58. The molecule has 2 aromatic rings. The van der Waals surface area contributed by atoms with Crippen LogP contribution in [0.2, 0.25) is 0 Å². The molecule has 0 aliphatic rings. The minimum atomic E-state index is 0.685. The molecule has 0 radical (unpaired) electrons. The van der Waals surface area contributed by atoms with Crippen LogP contribution >= 0.6 is 0 Å². The average Bonchev–Trinajstić information content (AvgIpc) is 2.88. The van der Waals surface area contributed by atoms with Crippen molar-refractivity contribution in [1.29, 1.82) is 0 Å². The van der Waals surface area contributed by atoms with Gasteiger partial charge in [-0.2, -0.15) is 0 Å². The minimum absolute atomic E-state index is 0.685. The predicted molar refractivity (Wildman–Crippen MR) is 81.2 cm³/mol. The average molecular weight is 259 g/mol. The number of aromatic nitrogens is 1. The van der Waals surface area contributed by atoms with Gasteiger partial charge in [0.1, 0.15) is 12.0 Å². The Morgan fingerprint density at radius 1 is 1.11 bits per heavy atom. The number of aryl methyl sites for hydroxylation is 2. The molecular formula is C17H25NO. The Morgan fingerprint density at radius 2 is 1.74 bits per heavy atom. The van der Waals surface area contributed by atoms with Crippen molar-refractivity contribution in [2.24, 2.45) is 5.92 Å². The van der Waals surface area contributed by atoms with Crippen molar-refractivity contribution >= 4 is 0 Å². The topological polar surface area (TPSA) is 26.0 Å². The van der Waals surface area contributed by atoms with Crippen molar-refractivity contribution in [3.63, 3.8) is 0 Å². The molecule has 0 amide bonds. The van der Waals surface area contributed by atoms with Gasteiger partial charge in [-0.05, 0) is 19.3 Å². The van der Waals surface area contributed by atoms with E-state index in [4.69, 9.17) is 4.42 Å². The molecule has 0 atom stereocenters. The van der Waals surface area contributed by atoms with Gasteiger partial charge < -0.3 is 4.42 Å². The fourth-order valence-electron chi connectivity index (χ4n) is 1.69. The summed E-state index contributed by atoms with van der Waals surface area (Å²) in [7, 11) is 0. The van der Waals surface area contributed by atoms with E-state index in [9.17, 15) is 0 Å². The highest BCUT2D eigenvalue weighted by atomic mass is 16.3. The molecule has 0 unspecified atom stereocenters. The normalized spacial score (nSPS) is 10.2. The first kappa shape index (κ1) is 15.5. The zero-order chi connectivity index (χ0) is 14.3. The lowest BCUT2D eigenvalue weighted by atomic mass is 10.1. The van der Waals surface area contributed by atoms with E-state index >= 15 is 0 Å². The van der Waals surface area contributed by atoms with Crippen LogP contribution < -0.4 is 0 Å². The van der Waals surface area contributed by atoms with Crippen LogP contribution in [0.25, 0.3) is 11.3 Å². The second-order valence-electron chi connectivity index (χ2n) is 4.93. The summed E-state index contributed by atoms with van der Waals surface area (Å²) in [6.45, 7) is 10.5. The first-order valence-electron chi connectivity index (χ1n) is 7.16. The maximum absolute atomic E-state index is 5.49. The molecule has 0 spiro atoms. The highest BCUT2D eigenvalue weighted by Gasteiger charge is 2.06. The van der Waals surface area contributed by atoms with Gasteiger partial charge in [0.25, 0.3) is 0 Å². The predicted octanol–water partition coefficient (Wildman–Crippen LogP) is 5.26. The van der Waals surface area contributed by atoms with Gasteiger partial charge in [0.05, 0.1) is 0 Å². The van der Waals surface area contributed by atoms with Crippen LogP contribution in [-0.2, 0) is 6.42 Å². The van der Waals surface area contributed by atoms with Crippen molar-refractivity contribution in [2.75, 3.05) is 0 Å². The van der Waals surface area contributed by atoms with E-state index in [2.05, 4.69) is 50.0 Å². The summed E-state index contributed by atoms with van der Waals surface area (Å²) >= 11 is 0. The molecule has 19 heavy (non-hydrogen) atoms. The molecule has 0 bridgehead atoms. The third-order valence-corrected chi connectivity index (χ3v) is 2.83. The van der Waals surface area contributed by atoms with Crippen molar-refractivity contribution in [2.45, 2.75) is 47.5 Å². The molecule has 1 aromatic carbocycles. The van der Waals surface area contributed by atoms with E-state index in [0.717, 1.165) is 30.0 Å². The van der Waals surface area contributed by atoms with Crippen LogP contribution in [0.15, 0.2) is 34.9 Å². The molecular weight excluding hydrogens is 234 g/mol. The molecule has 0 saturated heterocycles. The largest absolute Gasteiger partial charge is 0.448 e. The number of oxazole rings is 1. The second kappa shape index (κ2) is 7.78. The summed E-state index contributed by atoms with van der Waals surface area (Å²) < 4.78 is 5.49. The van der Waals surface area contributed by atoms with Gasteiger partial charge in [0.2, 0.25) is 0 Å². The van der Waals surface area contributed by atoms with Crippen LogP contribution in [0.4, 0.5) is 0 Å². The molecule has 0 N–H and O–H groups in total. The standard InChI is InChI=1S/C15H19NO.C2H6/c1-11(2)4-9-15-16-14(10-17-15)13-7-5-12(3)6-8-13;1-2/h5-8,10-11H,4,9H2,1-3H3;1-2H3. The van der Waals surface area contributed by atoms with Crippen LogP contribution in [-0.4, -0.2) is 4.98 Å². The number of benzene rings is 1. The summed E-state index contributed by atoms with van der Waals surface area (Å²) in [6.07, 6.45) is 3.79. The third kappa shape index (κ3) is 4.90. The van der Waals surface area contributed by atoms with E-state index < -0.39 is 0 Å². The Morgan fingerprint density at radius 3 is 2.32 bits per heavy atom. The van der Waals surface area contributed by atoms with Gasteiger partial charge in [-0.1, -0.05) is 57.5 Å². The summed E-state index contributed by atoms with van der Waals surface area (Å²) in [5.74, 6) is 1.53. The zero-order valence-corrected chi connectivity index (χ0v) is 12.7. The molecule has 0 aliphatic heterocycles. The summed E-state index contributed by atoms with van der Waals surface area (Å²) in [6, 6.07) is 8.36. The Labute approximate surface area is 116 Å². The molecule has 2 nitrogen and oxygen atoms in total. The van der Waals surface area contributed by atoms with E-state index in [0.29, 0.717) is 5.92 Å².